The van der Waals surface area contributed by atoms with Crippen LogP contribution in [0.5, 0.6) is 5.75 Å². The minimum absolute atomic E-state index is 0.417. The molecular weight excluding hydrogens is 224 g/mol. The molecule has 0 spiro atoms. The van der Waals surface area contributed by atoms with E-state index < -0.39 is 18.2 Å². The fourth-order valence-corrected chi connectivity index (χ4v) is 1.81. The molecule has 0 fully saturated rings. The second-order valence-corrected chi connectivity index (χ2v) is 3.90. The average Bonchev–Trinajstić information content (AvgIpc) is 2.26. The first-order valence-corrected chi connectivity index (χ1v) is 5.12. The number of hydrogen-bond donors (Lipinski definition) is 3. The van der Waals surface area contributed by atoms with Crippen molar-refractivity contribution in [2.24, 2.45) is 0 Å². The Morgan fingerprint density at radius 2 is 1.71 bits per heavy atom. The molecule has 0 amide bonds. The lowest BCUT2D eigenvalue weighted by Gasteiger charge is -2.19. The van der Waals surface area contributed by atoms with Gasteiger partial charge >= 0.3 is 5.97 Å². The Bertz CT molecular complexity index is 404. The molecule has 1 aromatic rings. The van der Waals surface area contributed by atoms with Crippen molar-refractivity contribution in [2.45, 2.75) is 26.1 Å². The maximum atomic E-state index is 10.6. The van der Waals surface area contributed by atoms with Crippen molar-refractivity contribution in [3.8, 4) is 5.75 Å². The van der Waals surface area contributed by atoms with E-state index in [0.29, 0.717) is 22.4 Å². The van der Waals surface area contributed by atoms with Gasteiger partial charge in [-0.1, -0.05) is 0 Å². The molecule has 0 aliphatic carbocycles. The van der Waals surface area contributed by atoms with Crippen LogP contribution in [0, 0.1) is 13.8 Å². The molecule has 0 aliphatic heterocycles. The van der Waals surface area contributed by atoms with Gasteiger partial charge < -0.3 is 20.1 Å². The Morgan fingerprint density at radius 1 is 1.24 bits per heavy atom. The second-order valence-electron chi connectivity index (χ2n) is 3.90. The van der Waals surface area contributed by atoms with Gasteiger partial charge in [0.2, 0.25) is 0 Å². The van der Waals surface area contributed by atoms with Gasteiger partial charge in [0.1, 0.15) is 11.9 Å². The normalized spacial score (nSPS) is 14.2. The van der Waals surface area contributed by atoms with Crippen LogP contribution in [-0.2, 0) is 4.79 Å². The molecule has 0 saturated heterocycles. The number of carboxylic acid groups (broad SMARTS) is 1. The number of rotatable bonds is 4. The summed E-state index contributed by atoms with van der Waals surface area (Å²) >= 11 is 0. The average molecular weight is 240 g/mol. The summed E-state index contributed by atoms with van der Waals surface area (Å²) in [5.74, 6) is -0.826. The van der Waals surface area contributed by atoms with Crippen LogP contribution in [0.25, 0.3) is 0 Å². The topological polar surface area (TPSA) is 87.0 Å². The molecule has 0 aliphatic rings. The number of methoxy groups -OCH3 is 1. The summed E-state index contributed by atoms with van der Waals surface area (Å²) in [6.45, 7) is 3.45. The summed E-state index contributed by atoms with van der Waals surface area (Å²) in [6, 6.07) is 3.36. The van der Waals surface area contributed by atoms with Crippen molar-refractivity contribution < 1.29 is 24.9 Å². The molecule has 5 nitrogen and oxygen atoms in total. The van der Waals surface area contributed by atoms with Gasteiger partial charge in [0.15, 0.2) is 6.10 Å². The highest BCUT2D eigenvalue weighted by Crippen LogP contribution is 2.28. The molecular formula is C12H16O5. The minimum atomic E-state index is -1.83. The third kappa shape index (κ3) is 2.75. The van der Waals surface area contributed by atoms with Crippen molar-refractivity contribution in [1.29, 1.82) is 0 Å². The van der Waals surface area contributed by atoms with E-state index in [1.807, 2.05) is 0 Å². The SMILES string of the molecule is COc1cc(C)c(C(O)C(O)C(=O)O)c(C)c1. The third-order valence-corrected chi connectivity index (χ3v) is 2.65. The van der Waals surface area contributed by atoms with Crippen LogP contribution in [0.15, 0.2) is 12.1 Å². The van der Waals surface area contributed by atoms with Crippen LogP contribution in [0.1, 0.15) is 22.8 Å². The van der Waals surface area contributed by atoms with Gasteiger partial charge in [0, 0.05) is 0 Å². The number of aliphatic hydroxyl groups excluding tert-OH is 2. The highest BCUT2D eigenvalue weighted by molar-refractivity contribution is 5.73. The van der Waals surface area contributed by atoms with Crippen LogP contribution >= 0.6 is 0 Å². The molecule has 1 rings (SSSR count). The summed E-state index contributed by atoms with van der Waals surface area (Å²) in [5, 5.41) is 27.8. The zero-order valence-corrected chi connectivity index (χ0v) is 9.97. The number of carboxylic acids is 1. The van der Waals surface area contributed by atoms with Gasteiger partial charge in [0.25, 0.3) is 0 Å². The fourth-order valence-electron chi connectivity index (χ4n) is 1.81. The van der Waals surface area contributed by atoms with Crippen molar-refractivity contribution in [3.63, 3.8) is 0 Å². The maximum Gasteiger partial charge on any atom is 0.335 e. The van der Waals surface area contributed by atoms with Crippen LogP contribution in [0.3, 0.4) is 0 Å². The molecule has 0 radical (unpaired) electrons. The van der Waals surface area contributed by atoms with Crippen molar-refractivity contribution in [2.75, 3.05) is 7.11 Å². The van der Waals surface area contributed by atoms with Gasteiger partial charge in [-0.15, -0.1) is 0 Å². The van der Waals surface area contributed by atoms with Gasteiger partial charge in [-0.3, -0.25) is 0 Å². The monoisotopic (exact) mass is 240 g/mol. The van der Waals surface area contributed by atoms with Crippen molar-refractivity contribution in [1.82, 2.24) is 0 Å². The van der Waals surface area contributed by atoms with E-state index in [2.05, 4.69) is 0 Å². The van der Waals surface area contributed by atoms with Gasteiger partial charge in [-0.25, -0.2) is 4.79 Å². The zero-order valence-electron chi connectivity index (χ0n) is 9.97. The number of benzene rings is 1. The van der Waals surface area contributed by atoms with Crippen molar-refractivity contribution >= 4 is 5.97 Å². The van der Waals surface area contributed by atoms with Crippen LogP contribution in [0.2, 0.25) is 0 Å². The predicted octanol–water partition coefficient (Wildman–Crippen LogP) is 0.791. The van der Waals surface area contributed by atoms with Crippen LogP contribution in [-0.4, -0.2) is 34.5 Å². The number of ether oxygens (including phenoxy) is 1. The molecule has 1 aromatic carbocycles. The molecule has 0 saturated carbocycles. The van der Waals surface area contributed by atoms with Gasteiger partial charge in [0.05, 0.1) is 7.11 Å². The van der Waals surface area contributed by atoms with Gasteiger partial charge in [-0.05, 0) is 42.7 Å². The van der Waals surface area contributed by atoms with E-state index in [1.54, 1.807) is 26.0 Å². The smallest absolute Gasteiger partial charge is 0.335 e. The molecule has 17 heavy (non-hydrogen) atoms. The Morgan fingerprint density at radius 3 is 2.06 bits per heavy atom. The summed E-state index contributed by atoms with van der Waals surface area (Å²) < 4.78 is 5.06. The molecule has 0 heterocycles. The molecule has 2 unspecified atom stereocenters. The lowest BCUT2D eigenvalue weighted by atomic mass is 9.94. The van der Waals surface area contributed by atoms with Crippen molar-refractivity contribution in [3.05, 3.63) is 28.8 Å². The first kappa shape index (κ1) is 13.5. The Kier molecular flexibility index (Phi) is 4.09. The number of aliphatic hydroxyl groups is 2. The van der Waals surface area contributed by atoms with Crippen LogP contribution in [0.4, 0.5) is 0 Å². The summed E-state index contributed by atoms with van der Waals surface area (Å²) in [7, 11) is 1.52. The first-order chi connectivity index (χ1) is 7.88. The minimum Gasteiger partial charge on any atom is -0.497 e. The van der Waals surface area contributed by atoms with E-state index in [0.717, 1.165) is 0 Å². The molecule has 5 heteroatoms. The second kappa shape index (κ2) is 5.16. The van der Waals surface area contributed by atoms with E-state index in [1.165, 1.54) is 7.11 Å². The number of hydrogen-bond acceptors (Lipinski definition) is 4. The Hall–Kier alpha value is -1.59. The summed E-state index contributed by atoms with van der Waals surface area (Å²) in [5.41, 5.74) is 1.77. The maximum absolute atomic E-state index is 10.6. The molecule has 3 N–H and O–H groups in total. The number of carbonyl (C=O) groups is 1. The highest BCUT2D eigenvalue weighted by Gasteiger charge is 2.27. The predicted molar refractivity (Wildman–Crippen MR) is 61.1 cm³/mol. The first-order valence-electron chi connectivity index (χ1n) is 5.12. The third-order valence-electron chi connectivity index (χ3n) is 2.65. The highest BCUT2D eigenvalue weighted by atomic mass is 16.5. The largest absolute Gasteiger partial charge is 0.497 e. The molecule has 0 aromatic heterocycles. The zero-order chi connectivity index (χ0) is 13.2. The van der Waals surface area contributed by atoms with E-state index >= 15 is 0 Å². The lowest BCUT2D eigenvalue weighted by Crippen LogP contribution is -2.28. The Balaban J connectivity index is 3.18. The standard InChI is InChI=1S/C12H16O5/c1-6-4-8(17-3)5-7(2)9(6)10(13)11(14)12(15)16/h4-5,10-11,13-14H,1-3H3,(H,15,16). The van der Waals surface area contributed by atoms with E-state index in [-0.39, 0.29) is 0 Å². The molecule has 2 atom stereocenters. The molecule has 94 valence electrons. The lowest BCUT2D eigenvalue weighted by molar-refractivity contribution is -0.153. The summed E-state index contributed by atoms with van der Waals surface area (Å²) in [6.07, 6.45) is -3.28. The quantitative estimate of drug-likeness (QED) is 0.724. The fraction of sp³-hybridized carbons (Fsp3) is 0.417. The van der Waals surface area contributed by atoms with Gasteiger partial charge in [-0.2, -0.15) is 0 Å². The number of aliphatic carboxylic acids is 1. The number of aryl methyl sites for hydroxylation is 2. The van der Waals surface area contributed by atoms with E-state index in [4.69, 9.17) is 9.84 Å². The summed E-state index contributed by atoms with van der Waals surface area (Å²) in [4.78, 5) is 10.6. The van der Waals surface area contributed by atoms with E-state index in [9.17, 15) is 15.0 Å². The molecule has 0 bridgehead atoms. The van der Waals surface area contributed by atoms with Crippen LogP contribution < -0.4 is 4.74 Å². The Labute approximate surface area is 99.3 Å².